The second kappa shape index (κ2) is 8.85. The Labute approximate surface area is 187 Å². The highest BCUT2D eigenvalue weighted by Crippen LogP contribution is 2.34. The zero-order valence-electron chi connectivity index (χ0n) is 17.2. The highest BCUT2D eigenvalue weighted by Gasteiger charge is 2.33. The number of aliphatic hydroxyl groups is 1. The summed E-state index contributed by atoms with van der Waals surface area (Å²) in [5.41, 5.74) is 1.22. The largest absolute Gasteiger partial charge is 0.395 e. The predicted octanol–water partition coefficient (Wildman–Crippen LogP) is 3.47. The van der Waals surface area contributed by atoms with Crippen molar-refractivity contribution in [1.82, 2.24) is 14.8 Å². The average molecular weight is 463 g/mol. The number of H-pyrrole nitrogens is 1. The van der Waals surface area contributed by atoms with E-state index in [0.717, 1.165) is 6.07 Å². The van der Waals surface area contributed by atoms with Crippen LogP contribution in [0.1, 0.15) is 17.3 Å². The molecule has 1 aliphatic rings. The van der Waals surface area contributed by atoms with Crippen LogP contribution in [-0.2, 0) is 6.54 Å². The van der Waals surface area contributed by atoms with Crippen molar-refractivity contribution in [1.29, 1.82) is 0 Å². The number of anilines is 1. The summed E-state index contributed by atoms with van der Waals surface area (Å²) in [5, 5.41) is 12.7. The van der Waals surface area contributed by atoms with Crippen molar-refractivity contribution in [3.05, 3.63) is 74.7 Å². The van der Waals surface area contributed by atoms with E-state index >= 15 is 0 Å². The quantitative estimate of drug-likeness (QED) is 0.554. The van der Waals surface area contributed by atoms with Gasteiger partial charge >= 0.3 is 6.03 Å². The maximum Gasteiger partial charge on any atom is 0.322 e. The number of aliphatic hydroxyl groups excluding tert-OH is 1. The normalized spacial score (nSPS) is 16.1. The molecule has 0 radical (unpaired) electrons. The molecular weight excluding hydrogens is 442 g/mol. The van der Waals surface area contributed by atoms with E-state index < -0.39 is 29.3 Å². The molecule has 1 atom stereocenters. The Morgan fingerprint density at radius 1 is 1.28 bits per heavy atom. The van der Waals surface area contributed by atoms with E-state index in [0.29, 0.717) is 42.0 Å². The fraction of sp³-hybridized carbons (Fsp3) is 0.273. The first-order valence-corrected chi connectivity index (χ1v) is 10.3. The number of urea groups is 1. The molecule has 0 fully saturated rings. The van der Waals surface area contributed by atoms with Gasteiger partial charge in [-0.25, -0.2) is 13.6 Å². The van der Waals surface area contributed by atoms with Gasteiger partial charge in [0, 0.05) is 43.6 Å². The van der Waals surface area contributed by atoms with Crippen LogP contribution < -0.4 is 10.9 Å². The summed E-state index contributed by atoms with van der Waals surface area (Å²) in [4.78, 5) is 31.8. The lowest BCUT2D eigenvalue weighted by Crippen LogP contribution is -2.46. The monoisotopic (exact) mass is 462 g/mol. The molecular formula is C22H21ClF2N4O3. The fourth-order valence-corrected chi connectivity index (χ4v) is 4.24. The van der Waals surface area contributed by atoms with E-state index in [1.54, 1.807) is 13.1 Å². The van der Waals surface area contributed by atoms with E-state index in [9.17, 15) is 23.5 Å². The number of carbonyl (C=O) groups is 1. The highest BCUT2D eigenvalue weighted by molar-refractivity contribution is 6.31. The molecule has 0 spiro atoms. The number of rotatable bonds is 4. The second-order valence-electron chi connectivity index (χ2n) is 7.68. The van der Waals surface area contributed by atoms with Crippen molar-refractivity contribution in [2.75, 3.05) is 32.1 Å². The van der Waals surface area contributed by atoms with Crippen LogP contribution in [0.3, 0.4) is 0 Å². The number of aromatic nitrogens is 1. The predicted molar refractivity (Wildman–Crippen MR) is 118 cm³/mol. The van der Waals surface area contributed by atoms with Gasteiger partial charge in [0.05, 0.1) is 23.1 Å². The molecule has 0 aliphatic carbocycles. The summed E-state index contributed by atoms with van der Waals surface area (Å²) in [6.45, 7) is 1.02. The molecule has 1 aromatic heterocycles. The van der Waals surface area contributed by atoms with Gasteiger partial charge in [0.2, 0.25) is 0 Å². The van der Waals surface area contributed by atoms with E-state index in [1.807, 2.05) is 4.90 Å². The van der Waals surface area contributed by atoms with Crippen LogP contribution in [-0.4, -0.2) is 52.7 Å². The zero-order chi connectivity index (χ0) is 23.0. The van der Waals surface area contributed by atoms with Crippen LogP contribution in [0.2, 0.25) is 5.02 Å². The van der Waals surface area contributed by atoms with Crippen LogP contribution in [0.15, 0.2) is 41.2 Å². The first-order chi connectivity index (χ1) is 15.3. The Bertz CT molecular complexity index is 1250. The summed E-state index contributed by atoms with van der Waals surface area (Å²) < 4.78 is 27.2. The SMILES string of the molecule is CN(C(=O)Nc1ccc(F)c(Cl)c1)C1CN(CCO)Cc2[nH]c(=O)c3cc(F)ccc3c21. The molecule has 2 heterocycles. The summed E-state index contributed by atoms with van der Waals surface area (Å²) in [6, 6.07) is 6.87. The Hall–Kier alpha value is -3.01. The molecule has 10 heteroatoms. The molecule has 3 aromatic rings. The standard InChI is InChI=1S/C22H21ClF2N4O3/c1-28(22(32)26-13-3-5-17(25)16(23)9-13)19-11-29(6-7-30)10-18-20(19)14-4-2-12(24)8-15(14)21(31)27-18/h2-5,8-9,19,30H,6-7,10-11H2,1H3,(H,26,32)(H,27,31). The fourth-order valence-electron chi connectivity index (χ4n) is 4.06. The van der Waals surface area contributed by atoms with Crippen LogP contribution >= 0.6 is 11.6 Å². The van der Waals surface area contributed by atoms with Crippen molar-refractivity contribution < 1.29 is 18.7 Å². The Morgan fingerprint density at radius 2 is 2.06 bits per heavy atom. The lowest BCUT2D eigenvalue weighted by molar-refractivity contribution is 0.129. The van der Waals surface area contributed by atoms with Gasteiger partial charge in [0.1, 0.15) is 11.6 Å². The molecule has 0 saturated heterocycles. The van der Waals surface area contributed by atoms with Crippen LogP contribution in [0, 0.1) is 11.6 Å². The molecule has 7 nitrogen and oxygen atoms in total. The summed E-state index contributed by atoms with van der Waals surface area (Å²) in [7, 11) is 1.60. The molecule has 0 bridgehead atoms. The highest BCUT2D eigenvalue weighted by atomic mass is 35.5. The number of aromatic amines is 1. The summed E-state index contributed by atoms with van der Waals surface area (Å²) >= 11 is 5.80. The summed E-state index contributed by atoms with van der Waals surface area (Å²) in [5.74, 6) is -1.13. The number of hydrogen-bond donors (Lipinski definition) is 3. The Balaban J connectivity index is 1.74. The smallest absolute Gasteiger partial charge is 0.322 e. The van der Waals surface area contributed by atoms with E-state index in [1.165, 1.54) is 29.2 Å². The molecule has 3 N–H and O–H groups in total. The second-order valence-corrected chi connectivity index (χ2v) is 8.09. The van der Waals surface area contributed by atoms with Crippen molar-refractivity contribution >= 4 is 34.1 Å². The lowest BCUT2D eigenvalue weighted by atomic mass is 9.93. The minimum absolute atomic E-state index is 0.0882. The molecule has 4 rings (SSSR count). The van der Waals surface area contributed by atoms with Gasteiger partial charge in [-0.2, -0.15) is 0 Å². The number of fused-ring (bicyclic) bond motifs is 3. The van der Waals surface area contributed by atoms with Crippen LogP contribution in [0.5, 0.6) is 0 Å². The van der Waals surface area contributed by atoms with Crippen molar-refractivity contribution in [3.8, 4) is 0 Å². The third kappa shape index (κ3) is 4.19. The minimum atomic E-state index is -0.596. The number of amides is 2. The third-order valence-electron chi connectivity index (χ3n) is 5.63. The van der Waals surface area contributed by atoms with Crippen LogP contribution in [0.25, 0.3) is 10.8 Å². The molecule has 1 unspecified atom stereocenters. The summed E-state index contributed by atoms with van der Waals surface area (Å²) in [6.07, 6.45) is 0. The van der Waals surface area contributed by atoms with Gasteiger partial charge in [-0.05, 0) is 35.7 Å². The first-order valence-electron chi connectivity index (χ1n) is 9.95. The first kappa shape index (κ1) is 22.2. The number of nitrogens with zero attached hydrogens (tertiary/aromatic N) is 2. The lowest BCUT2D eigenvalue weighted by Gasteiger charge is -2.39. The van der Waals surface area contributed by atoms with Gasteiger partial charge in [-0.15, -0.1) is 0 Å². The van der Waals surface area contributed by atoms with E-state index in [-0.39, 0.29) is 17.0 Å². The molecule has 0 saturated carbocycles. The molecule has 2 aromatic carbocycles. The van der Waals surface area contributed by atoms with E-state index in [4.69, 9.17) is 11.6 Å². The number of nitrogens with one attached hydrogen (secondary N) is 2. The number of carbonyl (C=O) groups excluding carboxylic acids is 1. The van der Waals surface area contributed by atoms with Crippen molar-refractivity contribution in [2.24, 2.45) is 0 Å². The number of β-amino-alcohol motifs (C(OH)–C–C–N with tert-alkyl or cyclic N) is 1. The number of halogens is 3. The maximum atomic E-state index is 13.8. The maximum absolute atomic E-state index is 13.8. The molecule has 1 aliphatic heterocycles. The Morgan fingerprint density at radius 3 is 2.78 bits per heavy atom. The molecule has 2 amide bonds. The minimum Gasteiger partial charge on any atom is -0.395 e. The van der Waals surface area contributed by atoms with Crippen LogP contribution in [0.4, 0.5) is 19.3 Å². The number of pyridine rings is 1. The van der Waals surface area contributed by atoms with Gasteiger partial charge in [0.25, 0.3) is 5.56 Å². The van der Waals surface area contributed by atoms with Crippen molar-refractivity contribution in [2.45, 2.75) is 12.6 Å². The number of hydrogen-bond acceptors (Lipinski definition) is 4. The van der Waals surface area contributed by atoms with Gasteiger partial charge in [0.15, 0.2) is 0 Å². The third-order valence-corrected chi connectivity index (χ3v) is 5.92. The van der Waals surface area contributed by atoms with Crippen molar-refractivity contribution in [3.63, 3.8) is 0 Å². The van der Waals surface area contributed by atoms with Gasteiger partial charge in [-0.3, -0.25) is 9.69 Å². The topological polar surface area (TPSA) is 88.7 Å². The van der Waals surface area contributed by atoms with Gasteiger partial charge in [-0.1, -0.05) is 17.7 Å². The van der Waals surface area contributed by atoms with E-state index in [2.05, 4.69) is 10.3 Å². The van der Waals surface area contributed by atoms with Gasteiger partial charge < -0.3 is 20.3 Å². The zero-order valence-corrected chi connectivity index (χ0v) is 17.9. The molecule has 168 valence electrons. The number of benzene rings is 2. The average Bonchev–Trinajstić information content (AvgIpc) is 2.75. The Kier molecular flexibility index (Phi) is 6.14. The number of likely N-dealkylation sites (N-methyl/N-ethyl adjacent to an activating group) is 1. The molecule has 32 heavy (non-hydrogen) atoms.